The lowest BCUT2D eigenvalue weighted by Gasteiger charge is -2.18. The van der Waals surface area contributed by atoms with Crippen molar-refractivity contribution in [1.29, 1.82) is 5.41 Å². The first-order valence-electron chi connectivity index (χ1n) is 6.50. The van der Waals surface area contributed by atoms with Gasteiger partial charge in [0.1, 0.15) is 5.75 Å². The topological polar surface area (TPSA) is 45.5 Å². The predicted molar refractivity (Wildman–Crippen MR) is 84.8 cm³/mol. The van der Waals surface area contributed by atoms with Crippen LogP contribution in [0.25, 0.3) is 5.57 Å². The minimum absolute atomic E-state index is 0.227. The smallest absolute Gasteiger partial charge is 0.295 e. The summed E-state index contributed by atoms with van der Waals surface area (Å²) in [6.45, 7) is 3.78. The van der Waals surface area contributed by atoms with E-state index in [0.717, 1.165) is 22.2 Å². The van der Waals surface area contributed by atoms with Crippen molar-refractivity contribution >= 4 is 39.5 Å². The quantitative estimate of drug-likeness (QED) is 0.472. The van der Waals surface area contributed by atoms with Crippen molar-refractivity contribution in [3.8, 4) is 5.75 Å². The number of hydrogen-bond donors (Lipinski definition) is 1. The minimum atomic E-state index is 0.227. The van der Waals surface area contributed by atoms with Crippen molar-refractivity contribution in [1.82, 2.24) is 4.31 Å². The van der Waals surface area contributed by atoms with Crippen LogP contribution in [0.15, 0.2) is 27.6 Å². The Morgan fingerprint density at radius 1 is 1.55 bits per heavy atom. The lowest BCUT2D eigenvalue weighted by atomic mass is 10.0. The standard InChI is InChI=1S/C14H15BrN2O2S/c1-2-18-14(16)17-8-11-10-4-3-9(15)7-12(10)19-6-5-13(11)20-17/h3-4,7,16H,2,5-6,8H2,1H3. The van der Waals surface area contributed by atoms with Gasteiger partial charge < -0.3 is 9.47 Å². The summed E-state index contributed by atoms with van der Waals surface area (Å²) in [6.07, 6.45) is 0.877. The van der Waals surface area contributed by atoms with Crippen LogP contribution in [0.3, 0.4) is 0 Å². The van der Waals surface area contributed by atoms with E-state index in [9.17, 15) is 0 Å². The van der Waals surface area contributed by atoms with Gasteiger partial charge in [-0.1, -0.05) is 15.9 Å². The molecule has 0 amide bonds. The molecule has 0 bridgehead atoms. The summed E-state index contributed by atoms with van der Waals surface area (Å²) in [7, 11) is 0. The van der Waals surface area contributed by atoms with E-state index < -0.39 is 0 Å². The summed E-state index contributed by atoms with van der Waals surface area (Å²) in [4.78, 5) is 1.27. The molecule has 1 aromatic rings. The zero-order valence-electron chi connectivity index (χ0n) is 11.1. The van der Waals surface area contributed by atoms with Gasteiger partial charge in [0, 0.05) is 21.4 Å². The average molecular weight is 355 g/mol. The van der Waals surface area contributed by atoms with Gasteiger partial charge in [-0.2, -0.15) is 0 Å². The van der Waals surface area contributed by atoms with Crippen LogP contribution >= 0.6 is 27.9 Å². The highest BCUT2D eigenvalue weighted by molar-refractivity contribution is 9.10. The fourth-order valence-electron chi connectivity index (χ4n) is 2.32. The van der Waals surface area contributed by atoms with E-state index in [-0.39, 0.29) is 6.02 Å². The van der Waals surface area contributed by atoms with Crippen molar-refractivity contribution in [2.75, 3.05) is 19.8 Å². The summed E-state index contributed by atoms with van der Waals surface area (Å²) in [6, 6.07) is 6.34. The molecule has 6 heteroatoms. The van der Waals surface area contributed by atoms with Gasteiger partial charge in [0.05, 0.1) is 19.8 Å². The molecular weight excluding hydrogens is 340 g/mol. The predicted octanol–water partition coefficient (Wildman–Crippen LogP) is 3.88. The molecule has 0 aliphatic carbocycles. The molecule has 4 nitrogen and oxygen atoms in total. The highest BCUT2D eigenvalue weighted by Crippen LogP contribution is 2.45. The number of nitrogens with zero attached hydrogens (tertiary/aromatic N) is 1. The Morgan fingerprint density at radius 2 is 2.40 bits per heavy atom. The van der Waals surface area contributed by atoms with Crippen LogP contribution in [-0.2, 0) is 4.74 Å². The molecule has 1 aromatic carbocycles. The van der Waals surface area contributed by atoms with Gasteiger partial charge in [0.25, 0.3) is 6.02 Å². The van der Waals surface area contributed by atoms with Crippen LogP contribution in [0, 0.1) is 5.41 Å². The van der Waals surface area contributed by atoms with Gasteiger partial charge in [-0.15, -0.1) is 0 Å². The zero-order chi connectivity index (χ0) is 14.1. The number of rotatable bonds is 1. The summed E-state index contributed by atoms with van der Waals surface area (Å²) in [5.74, 6) is 0.912. The van der Waals surface area contributed by atoms with Gasteiger partial charge in [0.2, 0.25) is 0 Å². The van der Waals surface area contributed by atoms with Crippen molar-refractivity contribution in [2.45, 2.75) is 13.3 Å². The van der Waals surface area contributed by atoms with Crippen molar-refractivity contribution < 1.29 is 9.47 Å². The molecule has 1 N–H and O–H groups in total. The third-order valence-electron chi connectivity index (χ3n) is 3.22. The van der Waals surface area contributed by atoms with Crippen LogP contribution in [0.4, 0.5) is 0 Å². The molecule has 0 fully saturated rings. The second-order valence-corrected chi connectivity index (χ2v) is 6.54. The first kappa shape index (κ1) is 13.8. The first-order valence-corrected chi connectivity index (χ1v) is 8.07. The highest BCUT2D eigenvalue weighted by atomic mass is 79.9. The summed E-state index contributed by atoms with van der Waals surface area (Å²) in [5.41, 5.74) is 2.37. The zero-order valence-corrected chi connectivity index (χ0v) is 13.5. The van der Waals surface area contributed by atoms with E-state index in [1.54, 1.807) is 11.9 Å². The van der Waals surface area contributed by atoms with Gasteiger partial charge in [0.15, 0.2) is 0 Å². The third kappa shape index (κ3) is 2.54. The van der Waals surface area contributed by atoms with E-state index in [2.05, 4.69) is 22.0 Å². The number of hydrogen-bond acceptors (Lipinski definition) is 4. The van der Waals surface area contributed by atoms with E-state index >= 15 is 0 Å². The number of halogens is 1. The number of amidine groups is 1. The number of nitrogens with one attached hydrogen (secondary N) is 1. The van der Waals surface area contributed by atoms with Gasteiger partial charge in [-0.25, -0.2) is 0 Å². The molecule has 20 heavy (non-hydrogen) atoms. The fraction of sp³-hybridized carbons (Fsp3) is 0.357. The minimum Gasteiger partial charge on any atom is -0.493 e. The molecule has 2 aliphatic rings. The van der Waals surface area contributed by atoms with Crippen LogP contribution < -0.4 is 4.74 Å². The van der Waals surface area contributed by atoms with Crippen molar-refractivity contribution in [3.63, 3.8) is 0 Å². The van der Waals surface area contributed by atoms with Crippen LogP contribution in [-0.4, -0.2) is 30.1 Å². The fourth-order valence-corrected chi connectivity index (χ4v) is 3.72. The largest absolute Gasteiger partial charge is 0.493 e. The second-order valence-electron chi connectivity index (χ2n) is 4.51. The Morgan fingerprint density at radius 3 is 3.20 bits per heavy atom. The number of benzene rings is 1. The second kappa shape index (κ2) is 5.69. The molecule has 0 spiro atoms. The molecule has 2 aliphatic heterocycles. The maximum atomic E-state index is 7.93. The van der Waals surface area contributed by atoms with Crippen molar-refractivity contribution in [2.24, 2.45) is 0 Å². The van der Waals surface area contributed by atoms with E-state index in [4.69, 9.17) is 14.9 Å². The lowest BCUT2D eigenvalue weighted by Crippen LogP contribution is -2.24. The van der Waals surface area contributed by atoms with E-state index in [1.807, 2.05) is 23.4 Å². The maximum absolute atomic E-state index is 7.93. The highest BCUT2D eigenvalue weighted by Gasteiger charge is 2.30. The van der Waals surface area contributed by atoms with Gasteiger partial charge in [-0.3, -0.25) is 9.71 Å². The Kier molecular flexibility index (Phi) is 3.94. The molecule has 0 atom stereocenters. The molecule has 2 heterocycles. The first-order chi connectivity index (χ1) is 9.69. The van der Waals surface area contributed by atoms with Crippen LogP contribution in [0.2, 0.25) is 0 Å². The number of ether oxygens (including phenoxy) is 2. The van der Waals surface area contributed by atoms with Crippen LogP contribution in [0.5, 0.6) is 5.75 Å². The Labute approximate surface area is 130 Å². The molecule has 3 rings (SSSR count). The third-order valence-corrected chi connectivity index (χ3v) is 4.90. The van der Waals surface area contributed by atoms with Gasteiger partial charge >= 0.3 is 0 Å². The monoisotopic (exact) mass is 354 g/mol. The van der Waals surface area contributed by atoms with Crippen LogP contribution in [0.1, 0.15) is 18.9 Å². The molecule has 0 saturated carbocycles. The molecule has 0 radical (unpaired) electrons. The lowest BCUT2D eigenvalue weighted by molar-refractivity contribution is 0.289. The summed E-state index contributed by atoms with van der Waals surface area (Å²) >= 11 is 5.07. The van der Waals surface area contributed by atoms with E-state index in [0.29, 0.717) is 19.8 Å². The molecule has 106 valence electrons. The van der Waals surface area contributed by atoms with Gasteiger partial charge in [-0.05, 0) is 42.6 Å². The maximum Gasteiger partial charge on any atom is 0.295 e. The normalized spacial score (nSPS) is 17.2. The molecular formula is C14H15BrN2O2S. The molecule has 0 aromatic heterocycles. The number of fused-ring (bicyclic) bond motifs is 2. The Bertz CT molecular complexity index is 589. The van der Waals surface area contributed by atoms with Crippen molar-refractivity contribution in [3.05, 3.63) is 33.1 Å². The summed E-state index contributed by atoms with van der Waals surface area (Å²) in [5, 5.41) is 7.93. The molecule has 0 saturated heterocycles. The molecule has 0 unspecified atom stereocenters. The Balaban J connectivity index is 1.90. The van der Waals surface area contributed by atoms with E-state index in [1.165, 1.54) is 10.5 Å². The SMILES string of the molecule is CCOC(=N)N1CC2=C(CCOc3cc(Br)ccc32)S1. The average Bonchev–Trinajstić information content (AvgIpc) is 2.77. The summed E-state index contributed by atoms with van der Waals surface area (Å²) < 4.78 is 14.0. The Hall–Kier alpha value is -1.14.